The Balaban J connectivity index is 3.07. The maximum atomic E-state index is 12.3. The molecule has 108 valence electrons. The van der Waals surface area contributed by atoms with Gasteiger partial charge in [0.2, 0.25) is 10.0 Å². The van der Waals surface area contributed by atoms with Gasteiger partial charge in [-0.2, -0.15) is 4.31 Å². The number of nitrogens with zero attached hydrogens (tertiary/aromatic N) is 1. The quantitative estimate of drug-likeness (QED) is 0.826. The molecule has 0 aliphatic rings. The Bertz CT molecular complexity index is 521. The van der Waals surface area contributed by atoms with Gasteiger partial charge < -0.3 is 9.84 Å². The fourth-order valence-corrected chi connectivity index (χ4v) is 3.25. The van der Waals surface area contributed by atoms with Crippen LogP contribution in [0.25, 0.3) is 0 Å². The SMILES string of the molecule is COCCN(CCO)S(=O)(=O)c1ccc(Cl)c(Cl)c1. The van der Waals surface area contributed by atoms with E-state index in [-0.39, 0.29) is 41.2 Å². The van der Waals surface area contributed by atoms with Gasteiger partial charge in [0.1, 0.15) is 0 Å². The normalized spacial score (nSPS) is 12.1. The fourth-order valence-electron chi connectivity index (χ4n) is 1.44. The van der Waals surface area contributed by atoms with E-state index in [0.717, 1.165) is 4.31 Å². The number of hydrogen-bond donors (Lipinski definition) is 1. The van der Waals surface area contributed by atoms with Crippen LogP contribution in [-0.4, -0.2) is 51.2 Å². The molecule has 1 N–H and O–H groups in total. The van der Waals surface area contributed by atoms with Crippen LogP contribution in [-0.2, 0) is 14.8 Å². The Morgan fingerprint density at radius 3 is 2.47 bits per heavy atom. The van der Waals surface area contributed by atoms with Crippen LogP contribution in [0.4, 0.5) is 0 Å². The zero-order valence-corrected chi connectivity index (χ0v) is 12.7. The molecule has 0 amide bonds. The molecule has 0 aliphatic heterocycles. The third kappa shape index (κ3) is 4.30. The number of rotatable bonds is 7. The molecular formula is C11H15Cl2NO4S. The molecule has 0 saturated carbocycles. The van der Waals surface area contributed by atoms with Crippen LogP contribution >= 0.6 is 23.2 Å². The van der Waals surface area contributed by atoms with Crippen LogP contribution in [0, 0.1) is 0 Å². The highest BCUT2D eigenvalue weighted by Gasteiger charge is 2.24. The zero-order chi connectivity index (χ0) is 14.5. The first kappa shape index (κ1) is 16.7. The summed E-state index contributed by atoms with van der Waals surface area (Å²) in [6, 6.07) is 4.08. The zero-order valence-electron chi connectivity index (χ0n) is 10.3. The molecule has 8 heteroatoms. The summed E-state index contributed by atoms with van der Waals surface area (Å²) in [5.74, 6) is 0. The van der Waals surface area contributed by atoms with Gasteiger partial charge in [-0.05, 0) is 18.2 Å². The van der Waals surface area contributed by atoms with Crippen molar-refractivity contribution in [2.75, 3.05) is 33.4 Å². The molecule has 0 aliphatic carbocycles. The van der Waals surface area contributed by atoms with Crippen molar-refractivity contribution in [3.8, 4) is 0 Å². The monoisotopic (exact) mass is 327 g/mol. The highest BCUT2D eigenvalue weighted by Crippen LogP contribution is 2.26. The lowest BCUT2D eigenvalue weighted by Crippen LogP contribution is -2.36. The van der Waals surface area contributed by atoms with E-state index in [1.807, 2.05) is 0 Å². The standard InChI is InChI=1S/C11H15Cl2NO4S/c1-18-7-5-14(4-6-15)19(16,17)9-2-3-10(12)11(13)8-9/h2-3,8,15H,4-7H2,1H3. The number of benzene rings is 1. The Morgan fingerprint density at radius 1 is 1.26 bits per heavy atom. The summed E-state index contributed by atoms with van der Waals surface area (Å²) < 4.78 is 30.7. The summed E-state index contributed by atoms with van der Waals surface area (Å²) in [5.41, 5.74) is 0. The largest absolute Gasteiger partial charge is 0.395 e. The average molecular weight is 328 g/mol. The molecule has 1 aromatic rings. The van der Waals surface area contributed by atoms with Crippen molar-refractivity contribution in [2.45, 2.75) is 4.90 Å². The van der Waals surface area contributed by atoms with Gasteiger partial charge in [0.15, 0.2) is 0 Å². The van der Waals surface area contributed by atoms with Crippen LogP contribution in [0.5, 0.6) is 0 Å². The number of aliphatic hydroxyl groups excluding tert-OH is 1. The van der Waals surface area contributed by atoms with Gasteiger partial charge in [0.25, 0.3) is 0 Å². The Labute approximate surface area is 122 Å². The first-order valence-corrected chi connectivity index (χ1v) is 7.68. The van der Waals surface area contributed by atoms with Crippen LogP contribution in [0.1, 0.15) is 0 Å². The third-order valence-corrected chi connectivity index (χ3v) is 5.06. The molecule has 0 fully saturated rings. The second-order valence-corrected chi connectivity index (χ2v) is 6.45. The minimum atomic E-state index is -3.72. The van der Waals surface area contributed by atoms with Gasteiger partial charge in [-0.1, -0.05) is 23.2 Å². The number of ether oxygens (including phenoxy) is 1. The highest BCUT2D eigenvalue weighted by atomic mass is 35.5. The molecule has 0 heterocycles. The van der Waals surface area contributed by atoms with Crippen molar-refractivity contribution < 1.29 is 18.3 Å². The predicted octanol–water partition coefficient (Wildman–Crippen LogP) is 1.62. The van der Waals surface area contributed by atoms with E-state index in [0.29, 0.717) is 0 Å². The Hall–Kier alpha value is -0.370. The van der Waals surface area contributed by atoms with Crippen molar-refractivity contribution in [2.24, 2.45) is 0 Å². The molecule has 5 nitrogen and oxygen atoms in total. The maximum Gasteiger partial charge on any atom is 0.243 e. The minimum absolute atomic E-state index is 0.00800. The number of hydrogen-bond acceptors (Lipinski definition) is 4. The van der Waals surface area contributed by atoms with E-state index in [9.17, 15) is 8.42 Å². The summed E-state index contributed by atoms with van der Waals surface area (Å²) >= 11 is 11.6. The lowest BCUT2D eigenvalue weighted by atomic mass is 10.4. The molecule has 1 rings (SSSR count). The molecule has 1 aromatic carbocycles. The summed E-state index contributed by atoms with van der Waals surface area (Å²) in [7, 11) is -2.25. The van der Waals surface area contributed by atoms with Crippen molar-refractivity contribution in [3.63, 3.8) is 0 Å². The Morgan fingerprint density at radius 2 is 1.95 bits per heavy atom. The molecular weight excluding hydrogens is 313 g/mol. The summed E-state index contributed by atoms with van der Waals surface area (Å²) in [4.78, 5) is 0.0338. The van der Waals surface area contributed by atoms with Crippen LogP contribution in [0.2, 0.25) is 10.0 Å². The first-order valence-electron chi connectivity index (χ1n) is 5.48. The molecule has 0 aromatic heterocycles. The minimum Gasteiger partial charge on any atom is -0.395 e. The van der Waals surface area contributed by atoms with E-state index in [2.05, 4.69) is 0 Å². The molecule has 0 radical (unpaired) electrons. The number of halogens is 2. The molecule has 0 unspecified atom stereocenters. The smallest absolute Gasteiger partial charge is 0.243 e. The predicted molar refractivity (Wildman–Crippen MR) is 74.2 cm³/mol. The van der Waals surface area contributed by atoms with Crippen LogP contribution in [0.15, 0.2) is 23.1 Å². The van der Waals surface area contributed by atoms with Crippen molar-refractivity contribution in [1.29, 1.82) is 0 Å². The highest BCUT2D eigenvalue weighted by molar-refractivity contribution is 7.89. The van der Waals surface area contributed by atoms with Crippen molar-refractivity contribution in [1.82, 2.24) is 4.31 Å². The summed E-state index contributed by atoms with van der Waals surface area (Å²) in [5, 5.41) is 9.40. The van der Waals surface area contributed by atoms with Gasteiger partial charge in [-0.3, -0.25) is 0 Å². The van der Waals surface area contributed by atoms with E-state index in [1.54, 1.807) is 0 Å². The van der Waals surface area contributed by atoms with Gasteiger partial charge in [0.05, 0.1) is 28.2 Å². The van der Waals surface area contributed by atoms with Gasteiger partial charge in [-0.25, -0.2) is 8.42 Å². The van der Waals surface area contributed by atoms with Gasteiger partial charge in [0, 0.05) is 20.2 Å². The molecule has 19 heavy (non-hydrogen) atoms. The average Bonchev–Trinajstić information content (AvgIpc) is 2.37. The Kier molecular flexibility index (Phi) is 6.52. The lowest BCUT2D eigenvalue weighted by Gasteiger charge is -2.21. The maximum absolute atomic E-state index is 12.3. The van der Waals surface area contributed by atoms with E-state index >= 15 is 0 Å². The number of sulfonamides is 1. The fraction of sp³-hybridized carbons (Fsp3) is 0.455. The third-order valence-electron chi connectivity index (χ3n) is 2.42. The second-order valence-electron chi connectivity index (χ2n) is 3.70. The topological polar surface area (TPSA) is 66.8 Å². The number of aliphatic hydroxyl groups is 1. The van der Waals surface area contributed by atoms with Crippen molar-refractivity contribution >= 4 is 33.2 Å². The van der Waals surface area contributed by atoms with Crippen LogP contribution < -0.4 is 0 Å². The molecule has 0 saturated heterocycles. The molecule has 0 atom stereocenters. The van der Waals surface area contributed by atoms with E-state index in [1.165, 1.54) is 25.3 Å². The van der Waals surface area contributed by atoms with Gasteiger partial charge in [-0.15, -0.1) is 0 Å². The lowest BCUT2D eigenvalue weighted by molar-refractivity contribution is 0.168. The molecule has 0 spiro atoms. The summed E-state index contributed by atoms with van der Waals surface area (Å²) in [6.45, 7) is 0.108. The van der Waals surface area contributed by atoms with Gasteiger partial charge >= 0.3 is 0 Å². The van der Waals surface area contributed by atoms with Crippen molar-refractivity contribution in [3.05, 3.63) is 28.2 Å². The summed E-state index contributed by atoms with van der Waals surface area (Å²) in [6.07, 6.45) is 0. The number of methoxy groups -OCH3 is 1. The van der Waals surface area contributed by atoms with E-state index < -0.39 is 10.0 Å². The van der Waals surface area contributed by atoms with Crippen LogP contribution in [0.3, 0.4) is 0 Å². The van der Waals surface area contributed by atoms with E-state index in [4.69, 9.17) is 33.0 Å². The second kappa shape index (κ2) is 7.42. The first-order chi connectivity index (χ1) is 8.93. The molecule has 0 bridgehead atoms.